The van der Waals surface area contributed by atoms with Crippen molar-refractivity contribution < 1.29 is 0 Å². The van der Waals surface area contributed by atoms with E-state index < -0.39 is 0 Å². The van der Waals surface area contributed by atoms with E-state index in [-0.39, 0.29) is 0 Å². The lowest BCUT2D eigenvalue weighted by Gasteiger charge is -2.20. The van der Waals surface area contributed by atoms with Crippen molar-refractivity contribution >= 4 is 5.69 Å². The van der Waals surface area contributed by atoms with Crippen LogP contribution in [-0.2, 0) is 6.42 Å². The Morgan fingerprint density at radius 3 is 2.43 bits per heavy atom. The fraction of sp³-hybridized carbons (Fsp3) is 0.400. The second-order valence-corrected chi connectivity index (χ2v) is 7.07. The first-order chi connectivity index (χ1) is 10.1. The van der Waals surface area contributed by atoms with E-state index >= 15 is 0 Å². The van der Waals surface area contributed by atoms with Gasteiger partial charge in [-0.05, 0) is 48.3 Å². The fourth-order valence-electron chi connectivity index (χ4n) is 3.41. The van der Waals surface area contributed by atoms with Crippen LogP contribution in [0, 0.1) is 5.41 Å². The normalized spacial score (nSPS) is 20.4. The first kappa shape index (κ1) is 14.2. The van der Waals surface area contributed by atoms with Gasteiger partial charge in [0.25, 0.3) is 0 Å². The van der Waals surface area contributed by atoms with Crippen LogP contribution in [-0.4, -0.2) is 6.04 Å². The van der Waals surface area contributed by atoms with Crippen LogP contribution in [0.3, 0.4) is 0 Å². The van der Waals surface area contributed by atoms with Gasteiger partial charge >= 0.3 is 0 Å². The minimum atomic E-state index is 0.492. The molecule has 21 heavy (non-hydrogen) atoms. The largest absolute Gasteiger partial charge is 0.382 e. The summed E-state index contributed by atoms with van der Waals surface area (Å²) in [5.41, 5.74) is 4.57. The van der Waals surface area contributed by atoms with E-state index in [4.69, 9.17) is 0 Å². The second kappa shape index (κ2) is 5.93. The second-order valence-electron chi connectivity index (χ2n) is 7.07. The molecular weight excluding hydrogens is 254 g/mol. The zero-order valence-corrected chi connectivity index (χ0v) is 13.1. The first-order valence-corrected chi connectivity index (χ1v) is 8.01. The highest BCUT2D eigenvalue weighted by Gasteiger charge is 2.30. The van der Waals surface area contributed by atoms with Crippen LogP contribution in [0.4, 0.5) is 5.69 Å². The van der Waals surface area contributed by atoms with Gasteiger partial charge in [-0.25, -0.2) is 0 Å². The minimum absolute atomic E-state index is 0.492. The van der Waals surface area contributed by atoms with Gasteiger partial charge in [-0.2, -0.15) is 0 Å². The van der Waals surface area contributed by atoms with Crippen molar-refractivity contribution in [1.29, 1.82) is 0 Å². The van der Waals surface area contributed by atoms with Crippen molar-refractivity contribution in [3.63, 3.8) is 0 Å². The summed E-state index contributed by atoms with van der Waals surface area (Å²) in [6, 6.07) is 20.1. The third kappa shape index (κ3) is 3.66. The van der Waals surface area contributed by atoms with E-state index in [0.717, 1.165) is 6.42 Å². The maximum atomic E-state index is 3.79. The average molecular weight is 279 g/mol. The molecule has 0 spiro atoms. The molecule has 0 saturated heterocycles. The SMILES string of the molecule is CC1(C)CCC(Nc2ccccc2Cc2ccccc2)C1. The Balaban J connectivity index is 1.74. The monoisotopic (exact) mass is 279 g/mol. The maximum absolute atomic E-state index is 3.79. The highest BCUT2D eigenvalue weighted by Crippen LogP contribution is 2.38. The molecule has 0 bridgehead atoms. The molecular formula is C20H25N. The molecule has 1 fully saturated rings. The molecule has 0 amide bonds. The van der Waals surface area contributed by atoms with Crippen molar-refractivity contribution in [3.8, 4) is 0 Å². The molecule has 1 N–H and O–H groups in total. The van der Waals surface area contributed by atoms with Crippen LogP contribution in [0.25, 0.3) is 0 Å². The van der Waals surface area contributed by atoms with Gasteiger partial charge in [0, 0.05) is 11.7 Å². The summed E-state index contributed by atoms with van der Waals surface area (Å²) in [6.07, 6.45) is 4.88. The highest BCUT2D eigenvalue weighted by atomic mass is 14.9. The van der Waals surface area contributed by atoms with Gasteiger partial charge in [0.05, 0.1) is 0 Å². The molecule has 1 aliphatic rings. The van der Waals surface area contributed by atoms with Gasteiger partial charge in [-0.1, -0.05) is 62.4 Å². The maximum Gasteiger partial charge on any atom is 0.0378 e. The minimum Gasteiger partial charge on any atom is -0.382 e. The van der Waals surface area contributed by atoms with E-state index in [1.807, 2.05) is 0 Å². The van der Waals surface area contributed by atoms with Gasteiger partial charge < -0.3 is 5.32 Å². The number of nitrogens with one attached hydrogen (secondary N) is 1. The van der Waals surface area contributed by atoms with Crippen LogP contribution >= 0.6 is 0 Å². The van der Waals surface area contributed by atoms with Gasteiger partial charge in [0.1, 0.15) is 0 Å². The zero-order chi connectivity index (χ0) is 14.7. The summed E-state index contributed by atoms with van der Waals surface area (Å²) in [7, 11) is 0. The Morgan fingerprint density at radius 1 is 1.00 bits per heavy atom. The standard InChI is InChI=1S/C20H25N/c1-20(2)13-12-18(15-20)21-19-11-7-6-10-17(19)14-16-8-4-3-5-9-16/h3-11,18,21H,12-15H2,1-2H3. The van der Waals surface area contributed by atoms with Crippen molar-refractivity contribution in [2.45, 2.75) is 45.6 Å². The van der Waals surface area contributed by atoms with E-state index in [1.165, 1.54) is 36.1 Å². The summed E-state index contributed by atoms with van der Waals surface area (Å²) < 4.78 is 0. The van der Waals surface area contributed by atoms with Crippen LogP contribution in [0.15, 0.2) is 54.6 Å². The average Bonchev–Trinajstić information content (AvgIpc) is 2.81. The van der Waals surface area contributed by atoms with Crippen LogP contribution < -0.4 is 5.32 Å². The number of benzene rings is 2. The fourth-order valence-corrected chi connectivity index (χ4v) is 3.41. The Hall–Kier alpha value is -1.76. The van der Waals surface area contributed by atoms with Crippen LogP contribution in [0.1, 0.15) is 44.2 Å². The zero-order valence-electron chi connectivity index (χ0n) is 13.1. The van der Waals surface area contributed by atoms with Crippen molar-refractivity contribution in [2.24, 2.45) is 5.41 Å². The Morgan fingerprint density at radius 2 is 1.71 bits per heavy atom. The number of hydrogen-bond acceptors (Lipinski definition) is 1. The molecule has 1 atom stereocenters. The molecule has 1 unspecified atom stereocenters. The summed E-state index contributed by atoms with van der Waals surface area (Å²) in [5, 5.41) is 3.79. The molecule has 0 radical (unpaired) electrons. The topological polar surface area (TPSA) is 12.0 Å². The molecule has 2 aromatic rings. The quantitative estimate of drug-likeness (QED) is 0.804. The molecule has 1 heteroatoms. The summed E-state index contributed by atoms with van der Waals surface area (Å²) >= 11 is 0. The molecule has 0 aromatic heterocycles. The Kier molecular flexibility index (Phi) is 4.01. The Labute approximate surface area is 128 Å². The van der Waals surface area contributed by atoms with E-state index in [1.54, 1.807) is 0 Å². The predicted molar refractivity (Wildman–Crippen MR) is 90.7 cm³/mol. The molecule has 1 saturated carbocycles. The van der Waals surface area contributed by atoms with Crippen molar-refractivity contribution in [2.75, 3.05) is 5.32 Å². The molecule has 3 rings (SSSR count). The number of hydrogen-bond donors (Lipinski definition) is 1. The lowest BCUT2D eigenvalue weighted by molar-refractivity contribution is 0.378. The predicted octanol–water partition coefficient (Wildman–Crippen LogP) is 5.27. The van der Waals surface area contributed by atoms with E-state index in [2.05, 4.69) is 73.8 Å². The van der Waals surface area contributed by atoms with Gasteiger partial charge in [0.15, 0.2) is 0 Å². The lowest BCUT2D eigenvalue weighted by Crippen LogP contribution is -2.18. The van der Waals surface area contributed by atoms with Gasteiger partial charge in [-0.15, -0.1) is 0 Å². The molecule has 1 nitrogen and oxygen atoms in total. The molecule has 0 aliphatic heterocycles. The van der Waals surface area contributed by atoms with E-state index in [9.17, 15) is 0 Å². The molecule has 1 aliphatic carbocycles. The highest BCUT2D eigenvalue weighted by molar-refractivity contribution is 5.53. The summed E-state index contributed by atoms with van der Waals surface area (Å²) in [6.45, 7) is 4.76. The molecule has 0 heterocycles. The van der Waals surface area contributed by atoms with Gasteiger partial charge in [0.2, 0.25) is 0 Å². The summed E-state index contributed by atoms with van der Waals surface area (Å²) in [5.74, 6) is 0. The Bertz CT molecular complexity index is 586. The summed E-state index contributed by atoms with van der Waals surface area (Å²) in [4.78, 5) is 0. The van der Waals surface area contributed by atoms with Crippen molar-refractivity contribution in [1.82, 2.24) is 0 Å². The van der Waals surface area contributed by atoms with Crippen LogP contribution in [0.2, 0.25) is 0 Å². The van der Waals surface area contributed by atoms with Crippen LogP contribution in [0.5, 0.6) is 0 Å². The molecule has 110 valence electrons. The van der Waals surface area contributed by atoms with Gasteiger partial charge in [-0.3, -0.25) is 0 Å². The van der Waals surface area contributed by atoms with E-state index in [0.29, 0.717) is 11.5 Å². The number of anilines is 1. The third-order valence-electron chi connectivity index (χ3n) is 4.58. The lowest BCUT2D eigenvalue weighted by atomic mass is 9.92. The third-order valence-corrected chi connectivity index (χ3v) is 4.58. The number of rotatable bonds is 4. The number of para-hydroxylation sites is 1. The first-order valence-electron chi connectivity index (χ1n) is 8.01. The molecule has 2 aromatic carbocycles. The smallest absolute Gasteiger partial charge is 0.0378 e. The van der Waals surface area contributed by atoms with Crippen molar-refractivity contribution in [3.05, 3.63) is 65.7 Å².